The molecule has 39 heavy (non-hydrogen) atoms. The minimum absolute atomic E-state index is 0.125. The summed E-state index contributed by atoms with van der Waals surface area (Å²) >= 11 is 14.0. The van der Waals surface area contributed by atoms with Crippen LogP contribution in [0.3, 0.4) is 0 Å². The van der Waals surface area contributed by atoms with Crippen molar-refractivity contribution >= 4 is 67.4 Å². The molecule has 200 valence electrons. The Hall–Kier alpha value is -3.80. The van der Waals surface area contributed by atoms with E-state index in [1.165, 1.54) is 23.6 Å². The normalized spacial score (nSPS) is 11.9. The number of pyridine rings is 2. The molecule has 0 bridgehead atoms. The fourth-order valence-corrected chi connectivity index (χ4v) is 5.27. The van der Waals surface area contributed by atoms with E-state index in [0.29, 0.717) is 31.6 Å². The molecule has 3 heterocycles. The molecule has 0 fully saturated rings. The van der Waals surface area contributed by atoms with Crippen LogP contribution in [0, 0.1) is 11.6 Å². The number of aromatic nitrogens is 3. The summed E-state index contributed by atoms with van der Waals surface area (Å²) in [4.78, 5) is 24.7. The molecule has 5 aromatic rings. The smallest absolute Gasteiger partial charge is 0.411 e. The maximum atomic E-state index is 15.1. The van der Waals surface area contributed by atoms with E-state index in [2.05, 4.69) is 20.3 Å². The first kappa shape index (κ1) is 26.8. The average Bonchev–Trinajstić information content (AvgIpc) is 3.33. The lowest BCUT2D eigenvalue weighted by molar-refractivity contribution is 0.0969. The molecule has 0 aliphatic heterocycles. The number of nitrogens with one attached hydrogen (secondary N) is 1. The maximum Gasteiger partial charge on any atom is 0.411 e. The largest absolute Gasteiger partial charge is 0.495 e. The summed E-state index contributed by atoms with van der Waals surface area (Å²) < 4.78 is 44.9. The fraction of sp³-hybridized carbons (Fsp3) is 0.154. The third-order valence-corrected chi connectivity index (χ3v) is 7.05. The number of amides is 1. The molecule has 1 N–H and O–H groups in total. The number of nitrogens with zero attached hydrogens (tertiary/aromatic N) is 3. The van der Waals surface area contributed by atoms with Gasteiger partial charge >= 0.3 is 6.09 Å². The van der Waals surface area contributed by atoms with Crippen molar-refractivity contribution in [1.29, 1.82) is 0 Å². The summed E-state index contributed by atoms with van der Waals surface area (Å²) in [7, 11) is 1.55. The second-order valence-corrected chi connectivity index (χ2v) is 10.2. The fourth-order valence-electron chi connectivity index (χ4n) is 3.73. The second-order valence-electron chi connectivity index (χ2n) is 8.31. The van der Waals surface area contributed by atoms with Crippen molar-refractivity contribution in [3.63, 3.8) is 0 Å². The Morgan fingerprint density at radius 1 is 1.10 bits per heavy atom. The predicted octanol–water partition coefficient (Wildman–Crippen LogP) is 7.52. The van der Waals surface area contributed by atoms with Gasteiger partial charge in [-0.25, -0.2) is 18.6 Å². The van der Waals surface area contributed by atoms with Crippen molar-refractivity contribution in [1.82, 2.24) is 15.0 Å². The standard InChI is InChI=1S/C26H18Cl2F2N4O4S/c1-12(11-37-26(35)33-16-6-15(29)8-31-9-16)38-19-7-20-24(21(28)22(19)30)34-25(39-20)18-5-14(27)3-13-4-17(36-2)10-32-23(13)18/h3-10,12H,11H2,1-2H3,(H,33,35)/t12-/m0/s1. The number of carbonyl (C=O) groups excluding carboxylic acids is 1. The van der Waals surface area contributed by atoms with Crippen molar-refractivity contribution in [2.75, 3.05) is 19.0 Å². The molecule has 8 nitrogen and oxygen atoms in total. The van der Waals surface area contributed by atoms with Crippen LogP contribution in [0.4, 0.5) is 19.3 Å². The van der Waals surface area contributed by atoms with Gasteiger partial charge < -0.3 is 14.2 Å². The van der Waals surface area contributed by atoms with E-state index in [-0.39, 0.29) is 28.6 Å². The summed E-state index contributed by atoms with van der Waals surface area (Å²) in [5.74, 6) is -0.971. The van der Waals surface area contributed by atoms with E-state index < -0.39 is 23.8 Å². The molecule has 1 atom stereocenters. The van der Waals surface area contributed by atoms with E-state index in [1.54, 1.807) is 32.4 Å². The lowest BCUT2D eigenvalue weighted by atomic mass is 10.1. The number of fused-ring (bicyclic) bond motifs is 2. The molecule has 3 aromatic heterocycles. The lowest BCUT2D eigenvalue weighted by Crippen LogP contribution is -2.24. The third kappa shape index (κ3) is 5.80. The minimum Gasteiger partial charge on any atom is -0.495 e. The first-order valence-electron chi connectivity index (χ1n) is 11.3. The van der Waals surface area contributed by atoms with Crippen LogP contribution >= 0.6 is 34.5 Å². The molecule has 2 aromatic carbocycles. The number of hydrogen-bond acceptors (Lipinski definition) is 8. The molecule has 0 aliphatic carbocycles. The molecule has 0 unspecified atom stereocenters. The van der Waals surface area contributed by atoms with Gasteiger partial charge in [0.15, 0.2) is 11.6 Å². The van der Waals surface area contributed by atoms with Crippen LogP contribution in [0.2, 0.25) is 10.0 Å². The number of methoxy groups -OCH3 is 1. The van der Waals surface area contributed by atoms with Crippen LogP contribution in [0.5, 0.6) is 11.5 Å². The summed E-state index contributed by atoms with van der Waals surface area (Å²) in [5, 5.41) is 3.89. The number of anilines is 1. The zero-order chi connectivity index (χ0) is 27.7. The van der Waals surface area contributed by atoms with Crippen LogP contribution in [-0.2, 0) is 4.74 Å². The van der Waals surface area contributed by atoms with Crippen LogP contribution < -0.4 is 14.8 Å². The average molecular weight is 591 g/mol. The number of hydrogen-bond donors (Lipinski definition) is 1. The highest BCUT2D eigenvalue weighted by atomic mass is 35.5. The molecule has 0 saturated heterocycles. The summed E-state index contributed by atoms with van der Waals surface area (Å²) in [6, 6.07) is 7.87. The Morgan fingerprint density at radius 2 is 1.92 bits per heavy atom. The quantitative estimate of drug-likeness (QED) is 0.209. The van der Waals surface area contributed by atoms with E-state index in [4.69, 9.17) is 37.4 Å². The summed E-state index contributed by atoms with van der Waals surface area (Å²) in [6.07, 6.45) is 2.26. The monoisotopic (exact) mass is 590 g/mol. The van der Waals surface area contributed by atoms with Crippen molar-refractivity contribution in [2.45, 2.75) is 13.0 Å². The minimum atomic E-state index is -0.848. The SMILES string of the molecule is COc1cnc2c(-c3nc4c(Cl)c(F)c(O[C@@H](C)COC(=O)Nc5cncc(F)c5)cc4s3)cc(Cl)cc2c1. The molecular weight excluding hydrogens is 573 g/mol. The third-order valence-electron chi connectivity index (χ3n) is 5.45. The number of benzene rings is 2. The van der Waals surface area contributed by atoms with E-state index in [0.717, 1.165) is 17.6 Å². The lowest BCUT2D eigenvalue weighted by Gasteiger charge is -2.16. The van der Waals surface area contributed by atoms with Gasteiger partial charge in [-0.3, -0.25) is 15.3 Å². The van der Waals surface area contributed by atoms with E-state index >= 15 is 4.39 Å². The Labute approximate surface area is 234 Å². The van der Waals surface area contributed by atoms with Crippen molar-refractivity contribution in [3.8, 4) is 22.1 Å². The van der Waals surface area contributed by atoms with E-state index in [9.17, 15) is 9.18 Å². The number of halogens is 4. The molecule has 5 rings (SSSR count). The van der Waals surface area contributed by atoms with Gasteiger partial charge in [0.05, 0.1) is 41.6 Å². The van der Waals surface area contributed by atoms with Crippen molar-refractivity contribution < 1.29 is 27.8 Å². The highest BCUT2D eigenvalue weighted by Crippen LogP contribution is 2.41. The van der Waals surface area contributed by atoms with Gasteiger partial charge in [-0.15, -0.1) is 11.3 Å². The highest BCUT2D eigenvalue weighted by Gasteiger charge is 2.21. The van der Waals surface area contributed by atoms with Crippen LogP contribution in [0.25, 0.3) is 31.7 Å². The summed E-state index contributed by atoms with van der Waals surface area (Å²) in [5.41, 5.74) is 1.68. The zero-order valence-electron chi connectivity index (χ0n) is 20.3. The van der Waals surface area contributed by atoms with Crippen LogP contribution in [0.1, 0.15) is 6.92 Å². The van der Waals surface area contributed by atoms with Gasteiger partial charge in [0, 0.05) is 28.1 Å². The molecule has 13 heteroatoms. The van der Waals surface area contributed by atoms with Crippen LogP contribution in [-0.4, -0.2) is 40.9 Å². The van der Waals surface area contributed by atoms with Gasteiger partial charge in [-0.2, -0.15) is 0 Å². The molecular formula is C26H18Cl2F2N4O4S. The molecule has 0 radical (unpaired) electrons. The maximum absolute atomic E-state index is 15.1. The zero-order valence-corrected chi connectivity index (χ0v) is 22.6. The number of thiazole rings is 1. The first-order valence-corrected chi connectivity index (χ1v) is 12.9. The Kier molecular flexibility index (Phi) is 7.65. The predicted molar refractivity (Wildman–Crippen MR) is 146 cm³/mol. The molecule has 0 saturated carbocycles. The van der Waals surface area contributed by atoms with Gasteiger partial charge in [0.1, 0.15) is 39.8 Å². The second kappa shape index (κ2) is 11.1. The van der Waals surface area contributed by atoms with E-state index in [1.807, 2.05) is 6.07 Å². The molecule has 0 spiro atoms. The van der Waals surface area contributed by atoms with Crippen molar-refractivity contribution in [3.05, 3.63) is 70.6 Å². The Balaban J connectivity index is 1.36. The Morgan fingerprint density at radius 3 is 2.69 bits per heavy atom. The molecule has 0 aliphatic rings. The number of ether oxygens (including phenoxy) is 3. The van der Waals surface area contributed by atoms with Gasteiger partial charge in [0.25, 0.3) is 0 Å². The van der Waals surface area contributed by atoms with Gasteiger partial charge in [-0.05, 0) is 25.1 Å². The number of carbonyl (C=O) groups is 1. The number of rotatable bonds is 7. The van der Waals surface area contributed by atoms with Gasteiger partial charge in [0.2, 0.25) is 0 Å². The highest BCUT2D eigenvalue weighted by molar-refractivity contribution is 7.21. The van der Waals surface area contributed by atoms with Gasteiger partial charge in [-0.1, -0.05) is 23.2 Å². The van der Waals surface area contributed by atoms with Crippen molar-refractivity contribution in [2.24, 2.45) is 0 Å². The topological polar surface area (TPSA) is 95.5 Å². The molecule has 1 amide bonds. The Bertz CT molecular complexity index is 1720. The summed E-state index contributed by atoms with van der Waals surface area (Å²) in [6.45, 7) is 1.37. The van der Waals surface area contributed by atoms with Crippen LogP contribution in [0.15, 0.2) is 48.9 Å². The first-order chi connectivity index (χ1) is 18.7.